The highest BCUT2D eigenvalue weighted by atomic mass is 79.9. The zero-order chi connectivity index (χ0) is 14.1. The van der Waals surface area contributed by atoms with E-state index >= 15 is 0 Å². The van der Waals surface area contributed by atoms with Crippen LogP contribution in [0.25, 0.3) is 0 Å². The van der Waals surface area contributed by atoms with E-state index in [-0.39, 0.29) is 6.04 Å². The molecule has 1 aromatic heterocycles. The van der Waals surface area contributed by atoms with Gasteiger partial charge in [0.15, 0.2) is 4.67 Å². The van der Waals surface area contributed by atoms with Crippen LogP contribution in [0.1, 0.15) is 23.8 Å². The summed E-state index contributed by atoms with van der Waals surface area (Å²) in [6.45, 7) is 1.54. The van der Waals surface area contributed by atoms with Crippen molar-refractivity contribution in [3.63, 3.8) is 0 Å². The Morgan fingerprint density at radius 2 is 2.10 bits per heavy atom. The maximum Gasteiger partial charge on any atom is 0.183 e. The third kappa shape index (κ3) is 2.54. The van der Waals surface area contributed by atoms with Gasteiger partial charge in [-0.3, -0.25) is 0 Å². The maximum absolute atomic E-state index is 6.02. The molecule has 0 radical (unpaired) electrons. The quantitative estimate of drug-likeness (QED) is 0.838. The van der Waals surface area contributed by atoms with Crippen LogP contribution in [0.4, 0.5) is 5.69 Å². The van der Waals surface area contributed by atoms with Gasteiger partial charge in [-0.25, -0.2) is 0 Å². The van der Waals surface area contributed by atoms with Crippen molar-refractivity contribution in [2.75, 3.05) is 18.0 Å². The summed E-state index contributed by atoms with van der Waals surface area (Å²) in [5, 5.41) is 0. The third-order valence-corrected chi connectivity index (χ3v) is 5.45. The van der Waals surface area contributed by atoms with Crippen LogP contribution in [0.15, 0.2) is 43.9 Å². The Balaban J connectivity index is 1.98. The lowest BCUT2D eigenvalue weighted by molar-refractivity contribution is 0.430. The van der Waals surface area contributed by atoms with E-state index in [1.165, 1.54) is 11.3 Å². The van der Waals surface area contributed by atoms with E-state index in [1.807, 2.05) is 6.07 Å². The Morgan fingerprint density at radius 3 is 2.80 bits per heavy atom. The summed E-state index contributed by atoms with van der Waals surface area (Å²) in [5.74, 6) is 0.892. The lowest BCUT2D eigenvalue weighted by Crippen LogP contribution is -2.37. The Bertz CT molecular complexity index is 592. The average Bonchev–Trinajstić information content (AvgIpc) is 2.79. The van der Waals surface area contributed by atoms with Crippen LogP contribution < -0.4 is 10.6 Å². The van der Waals surface area contributed by atoms with Crippen molar-refractivity contribution in [1.29, 1.82) is 0 Å². The fraction of sp³-hybridized carbons (Fsp3) is 0.333. The predicted molar refractivity (Wildman–Crippen MR) is 88.0 cm³/mol. The van der Waals surface area contributed by atoms with E-state index in [0.717, 1.165) is 34.3 Å². The number of benzene rings is 1. The van der Waals surface area contributed by atoms with Gasteiger partial charge < -0.3 is 15.1 Å². The number of fused-ring (bicyclic) bond motifs is 1. The van der Waals surface area contributed by atoms with E-state index in [1.54, 1.807) is 0 Å². The van der Waals surface area contributed by atoms with Crippen molar-refractivity contribution >= 4 is 37.5 Å². The molecule has 2 aromatic rings. The number of para-hydroxylation sites is 1. The highest BCUT2D eigenvalue weighted by Gasteiger charge is 2.27. The first-order chi connectivity index (χ1) is 9.70. The van der Waals surface area contributed by atoms with E-state index in [9.17, 15) is 0 Å². The van der Waals surface area contributed by atoms with Crippen LogP contribution in [0.2, 0.25) is 0 Å². The first kappa shape index (κ1) is 14.2. The first-order valence-corrected chi connectivity index (χ1v) is 8.28. The Hall–Kier alpha value is -0.780. The van der Waals surface area contributed by atoms with Gasteiger partial charge in [-0.05, 0) is 62.4 Å². The summed E-state index contributed by atoms with van der Waals surface area (Å²) >= 11 is 6.87. The van der Waals surface area contributed by atoms with Gasteiger partial charge in [0.2, 0.25) is 0 Å². The molecule has 5 heteroatoms. The molecular weight excluding hydrogens is 384 g/mol. The molecular formula is C15H16Br2N2O. The van der Waals surface area contributed by atoms with E-state index in [4.69, 9.17) is 10.2 Å². The largest absolute Gasteiger partial charge is 0.451 e. The average molecular weight is 400 g/mol. The lowest BCUT2D eigenvalue weighted by Gasteiger charge is -2.36. The molecule has 2 N–H and O–H groups in total. The summed E-state index contributed by atoms with van der Waals surface area (Å²) in [4.78, 5) is 2.36. The fourth-order valence-electron chi connectivity index (χ4n) is 2.81. The van der Waals surface area contributed by atoms with Gasteiger partial charge in [-0.1, -0.05) is 18.2 Å². The summed E-state index contributed by atoms with van der Waals surface area (Å²) in [6, 6.07) is 10.6. The van der Waals surface area contributed by atoms with Gasteiger partial charge >= 0.3 is 0 Å². The molecule has 0 bridgehead atoms. The molecule has 0 fully saturated rings. The normalized spacial score (nSPS) is 16.1. The van der Waals surface area contributed by atoms with Crippen molar-refractivity contribution in [1.82, 2.24) is 0 Å². The maximum atomic E-state index is 6.02. The predicted octanol–water partition coefficient (Wildman–Crippen LogP) is 4.26. The minimum Gasteiger partial charge on any atom is -0.451 e. The number of hydrogen-bond donors (Lipinski definition) is 1. The number of halogens is 2. The standard InChI is InChI=1S/C15H16Br2N2O/c16-11-8-14(20-15(11)17)13(9-18)19-7-3-5-10-4-1-2-6-12(10)19/h1-2,4,6,8,13H,3,5,7,9,18H2. The topological polar surface area (TPSA) is 42.4 Å². The molecule has 0 amide bonds. The molecule has 0 saturated carbocycles. The van der Waals surface area contributed by atoms with E-state index in [0.29, 0.717) is 6.54 Å². The van der Waals surface area contributed by atoms with Crippen molar-refractivity contribution in [2.45, 2.75) is 18.9 Å². The summed E-state index contributed by atoms with van der Waals surface area (Å²) in [6.07, 6.45) is 2.28. The number of furan rings is 1. The van der Waals surface area contributed by atoms with Gasteiger partial charge in [-0.2, -0.15) is 0 Å². The molecule has 0 saturated heterocycles. The van der Waals surface area contributed by atoms with Crippen molar-refractivity contribution < 1.29 is 4.42 Å². The summed E-state index contributed by atoms with van der Waals surface area (Å²) in [7, 11) is 0. The molecule has 1 atom stereocenters. The number of aryl methyl sites for hydroxylation is 1. The van der Waals surface area contributed by atoms with E-state index < -0.39 is 0 Å². The molecule has 1 aromatic carbocycles. The lowest BCUT2D eigenvalue weighted by atomic mass is 9.99. The molecule has 1 aliphatic rings. The van der Waals surface area contributed by atoms with Gasteiger partial charge in [0, 0.05) is 18.8 Å². The monoisotopic (exact) mass is 398 g/mol. The van der Waals surface area contributed by atoms with Crippen LogP contribution in [0.5, 0.6) is 0 Å². The molecule has 20 heavy (non-hydrogen) atoms. The van der Waals surface area contributed by atoms with Crippen molar-refractivity contribution in [3.05, 3.63) is 50.8 Å². The van der Waals surface area contributed by atoms with Gasteiger partial charge in [0.25, 0.3) is 0 Å². The molecule has 1 unspecified atom stereocenters. The first-order valence-electron chi connectivity index (χ1n) is 6.70. The van der Waals surface area contributed by atoms with E-state index in [2.05, 4.69) is 61.0 Å². The molecule has 3 rings (SSSR count). The highest BCUT2D eigenvalue weighted by molar-refractivity contribution is 9.13. The Morgan fingerprint density at radius 1 is 1.30 bits per heavy atom. The smallest absolute Gasteiger partial charge is 0.183 e. The molecule has 1 aliphatic heterocycles. The van der Waals surface area contributed by atoms with Crippen LogP contribution in [-0.4, -0.2) is 13.1 Å². The van der Waals surface area contributed by atoms with Gasteiger partial charge in [0.1, 0.15) is 5.76 Å². The molecule has 2 heterocycles. The second-order valence-electron chi connectivity index (χ2n) is 4.95. The van der Waals surface area contributed by atoms with Crippen molar-refractivity contribution in [2.24, 2.45) is 5.73 Å². The van der Waals surface area contributed by atoms with Crippen LogP contribution in [0.3, 0.4) is 0 Å². The van der Waals surface area contributed by atoms with Crippen LogP contribution >= 0.6 is 31.9 Å². The van der Waals surface area contributed by atoms with Crippen LogP contribution in [-0.2, 0) is 6.42 Å². The number of anilines is 1. The second kappa shape index (κ2) is 5.92. The Kier molecular flexibility index (Phi) is 4.19. The van der Waals surface area contributed by atoms with Gasteiger partial charge in [0.05, 0.1) is 10.5 Å². The number of hydrogen-bond acceptors (Lipinski definition) is 3. The SMILES string of the molecule is NCC(c1cc(Br)c(Br)o1)N1CCCc2ccccc21. The third-order valence-electron chi connectivity index (χ3n) is 3.74. The fourth-order valence-corrected chi connectivity index (χ4v) is 3.42. The minimum atomic E-state index is 0.0686. The summed E-state index contributed by atoms with van der Waals surface area (Å²) in [5.41, 5.74) is 8.69. The zero-order valence-electron chi connectivity index (χ0n) is 11.0. The second-order valence-corrected chi connectivity index (χ2v) is 6.52. The minimum absolute atomic E-state index is 0.0686. The highest BCUT2D eigenvalue weighted by Crippen LogP contribution is 2.37. The van der Waals surface area contributed by atoms with Crippen LogP contribution in [0, 0.1) is 0 Å². The summed E-state index contributed by atoms with van der Waals surface area (Å²) < 4.78 is 7.43. The number of rotatable bonds is 3. The Labute approximate surface area is 135 Å². The number of nitrogens with zero attached hydrogens (tertiary/aromatic N) is 1. The molecule has 106 valence electrons. The molecule has 3 nitrogen and oxygen atoms in total. The van der Waals surface area contributed by atoms with Gasteiger partial charge in [-0.15, -0.1) is 0 Å². The zero-order valence-corrected chi connectivity index (χ0v) is 14.2. The number of nitrogens with two attached hydrogens (primary N) is 1. The molecule has 0 aliphatic carbocycles. The van der Waals surface area contributed by atoms with Crippen molar-refractivity contribution in [3.8, 4) is 0 Å². The molecule has 0 spiro atoms.